The van der Waals surface area contributed by atoms with Crippen molar-refractivity contribution in [3.63, 3.8) is 0 Å². The first-order chi connectivity index (χ1) is 9.25. The Kier molecular flexibility index (Phi) is 5.75. The number of hydrogen-bond donors (Lipinski definition) is 1. The number of anilines is 1. The number of nitrogens with one attached hydrogen (secondary N) is 1. The summed E-state index contributed by atoms with van der Waals surface area (Å²) in [4.78, 5) is 0. The lowest BCUT2D eigenvalue weighted by Crippen LogP contribution is -2.15. The van der Waals surface area contributed by atoms with Crippen LogP contribution < -0.4 is 5.32 Å². The third-order valence-corrected chi connectivity index (χ3v) is 4.37. The second-order valence-corrected chi connectivity index (χ2v) is 6.37. The summed E-state index contributed by atoms with van der Waals surface area (Å²) in [5, 5.41) is 3.66. The minimum absolute atomic E-state index is 0.614. The van der Waals surface area contributed by atoms with Gasteiger partial charge in [0, 0.05) is 12.2 Å². The lowest BCUT2D eigenvalue weighted by atomic mass is 9.91. The molecule has 1 nitrogen and oxygen atoms in total. The van der Waals surface area contributed by atoms with Crippen LogP contribution in [-0.4, -0.2) is 6.54 Å². The van der Waals surface area contributed by atoms with Crippen molar-refractivity contribution in [2.75, 3.05) is 11.9 Å². The molecule has 19 heavy (non-hydrogen) atoms. The van der Waals surface area contributed by atoms with Crippen molar-refractivity contribution in [1.29, 1.82) is 0 Å². The van der Waals surface area contributed by atoms with Crippen LogP contribution in [0.15, 0.2) is 24.3 Å². The van der Waals surface area contributed by atoms with Crippen LogP contribution in [0.4, 0.5) is 5.69 Å². The third-order valence-electron chi connectivity index (χ3n) is 4.37. The highest BCUT2D eigenvalue weighted by Crippen LogP contribution is 2.23. The van der Waals surface area contributed by atoms with Gasteiger partial charge in [-0.1, -0.05) is 58.1 Å². The van der Waals surface area contributed by atoms with Gasteiger partial charge in [-0.05, 0) is 42.4 Å². The SMILES string of the molecule is CC(C)c1cccc(NCC2CCCCCCC2)c1. The van der Waals surface area contributed by atoms with Gasteiger partial charge in [-0.15, -0.1) is 0 Å². The Balaban J connectivity index is 1.85. The van der Waals surface area contributed by atoms with Crippen LogP contribution in [0.2, 0.25) is 0 Å². The van der Waals surface area contributed by atoms with Gasteiger partial charge in [0.05, 0.1) is 0 Å². The molecule has 0 aliphatic heterocycles. The van der Waals surface area contributed by atoms with Crippen LogP contribution in [0.25, 0.3) is 0 Å². The fraction of sp³-hybridized carbons (Fsp3) is 0.667. The molecule has 0 saturated heterocycles. The van der Waals surface area contributed by atoms with E-state index in [9.17, 15) is 0 Å². The van der Waals surface area contributed by atoms with Crippen molar-refractivity contribution in [1.82, 2.24) is 0 Å². The van der Waals surface area contributed by atoms with Crippen LogP contribution in [0.3, 0.4) is 0 Å². The third kappa shape index (κ3) is 4.89. The molecule has 1 N–H and O–H groups in total. The van der Waals surface area contributed by atoms with E-state index in [4.69, 9.17) is 0 Å². The molecule has 1 heteroatoms. The Bertz CT molecular complexity index is 362. The van der Waals surface area contributed by atoms with Gasteiger partial charge < -0.3 is 5.32 Å². The number of hydrogen-bond acceptors (Lipinski definition) is 1. The summed E-state index contributed by atoms with van der Waals surface area (Å²) in [5.41, 5.74) is 2.73. The summed E-state index contributed by atoms with van der Waals surface area (Å²) < 4.78 is 0. The van der Waals surface area contributed by atoms with E-state index < -0.39 is 0 Å². The summed E-state index contributed by atoms with van der Waals surface area (Å²) in [5.74, 6) is 1.49. The number of rotatable bonds is 4. The zero-order valence-electron chi connectivity index (χ0n) is 12.6. The molecule has 106 valence electrons. The molecule has 0 bridgehead atoms. The van der Waals surface area contributed by atoms with Gasteiger partial charge in [0.1, 0.15) is 0 Å². The Morgan fingerprint density at radius 3 is 2.42 bits per heavy atom. The normalized spacial score (nSPS) is 18.1. The summed E-state index contributed by atoms with van der Waals surface area (Å²) in [6.45, 7) is 5.67. The molecule has 1 aromatic carbocycles. The van der Waals surface area contributed by atoms with Gasteiger partial charge in [-0.3, -0.25) is 0 Å². The molecule has 0 unspecified atom stereocenters. The summed E-state index contributed by atoms with van der Waals surface area (Å²) in [7, 11) is 0. The van der Waals surface area contributed by atoms with Crippen molar-refractivity contribution in [2.24, 2.45) is 5.92 Å². The maximum Gasteiger partial charge on any atom is 0.0343 e. The first-order valence-electron chi connectivity index (χ1n) is 8.09. The molecule has 2 rings (SSSR count). The standard InChI is InChI=1S/C18H29N/c1-15(2)17-11-8-12-18(13-17)19-14-16-9-6-4-3-5-7-10-16/h8,11-13,15-16,19H,3-7,9-10,14H2,1-2H3. The van der Waals surface area contributed by atoms with E-state index in [1.807, 2.05) is 0 Å². The van der Waals surface area contributed by atoms with Crippen LogP contribution in [-0.2, 0) is 0 Å². The molecule has 1 fully saturated rings. The predicted octanol–water partition coefficient (Wildman–Crippen LogP) is 5.58. The Morgan fingerprint density at radius 2 is 1.74 bits per heavy atom. The maximum absolute atomic E-state index is 3.66. The van der Waals surface area contributed by atoms with Gasteiger partial charge in [0.2, 0.25) is 0 Å². The van der Waals surface area contributed by atoms with E-state index in [1.165, 1.54) is 56.2 Å². The van der Waals surface area contributed by atoms with E-state index >= 15 is 0 Å². The fourth-order valence-corrected chi connectivity index (χ4v) is 3.01. The maximum atomic E-state index is 3.66. The van der Waals surface area contributed by atoms with E-state index in [-0.39, 0.29) is 0 Å². The average molecular weight is 259 g/mol. The van der Waals surface area contributed by atoms with Gasteiger partial charge in [0.25, 0.3) is 0 Å². The molecule has 0 aromatic heterocycles. The molecule has 0 atom stereocenters. The highest BCUT2D eigenvalue weighted by atomic mass is 14.9. The Hall–Kier alpha value is -0.980. The molecule has 1 aromatic rings. The largest absolute Gasteiger partial charge is 0.385 e. The first-order valence-corrected chi connectivity index (χ1v) is 8.09. The summed E-state index contributed by atoms with van der Waals surface area (Å²) in [6.07, 6.45) is 10.0. The summed E-state index contributed by atoms with van der Waals surface area (Å²) >= 11 is 0. The van der Waals surface area contributed by atoms with Gasteiger partial charge in [-0.2, -0.15) is 0 Å². The van der Waals surface area contributed by atoms with Crippen molar-refractivity contribution in [3.8, 4) is 0 Å². The minimum Gasteiger partial charge on any atom is -0.385 e. The highest BCUT2D eigenvalue weighted by molar-refractivity contribution is 5.46. The lowest BCUT2D eigenvalue weighted by Gasteiger charge is -2.21. The minimum atomic E-state index is 0.614. The molecule has 1 aliphatic carbocycles. The van der Waals surface area contributed by atoms with Gasteiger partial charge in [0.15, 0.2) is 0 Å². The predicted molar refractivity (Wildman–Crippen MR) is 84.8 cm³/mol. The summed E-state index contributed by atoms with van der Waals surface area (Å²) in [6, 6.07) is 8.92. The molecule has 1 saturated carbocycles. The molecule has 0 radical (unpaired) electrons. The molecule has 0 spiro atoms. The molecular formula is C18H29N. The van der Waals surface area contributed by atoms with Gasteiger partial charge >= 0.3 is 0 Å². The van der Waals surface area contributed by atoms with Crippen LogP contribution in [0.5, 0.6) is 0 Å². The topological polar surface area (TPSA) is 12.0 Å². The smallest absolute Gasteiger partial charge is 0.0343 e. The highest BCUT2D eigenvalue weighted by Gasteiger charge is 2.11. The average Bonchev–Trinajstić information content (AvgIpc) is 2.38. The van der Waals surface area contributed by atoms with Crippen LogP contribution in [0.1, 0.15) is 70.3 Å². The zero-order chi connectivity index (χ0) is 13.5. The molecule has 0 amide bonds. The zero-order valence-corrected chi connectivity index (χ0v) is 12.6. The van der Waals surface area contributed by atoms with Crippen molar-refractivity contribution < 1.29 is 0 Å². The quantitative estimate of drug-likeness (QED) is 0.744. The second-order valence-electron chi connectivity index (χ2n) is 6.37. The molecule has 1 aliphatic rings. The Labute approximate surface area is 118 Å². The van der Waals surface area contributed by atoms with E-state index in [0.717, 1.165) is 12.5 Å². The number of benzene rings is 1. The van der Waals surface area contributed by atoms with Crippen molar-refractivity contribution in [2.45, 2.75) is 64.7 Å². The van der Waals surface area contributed by atoms with Crippen LogP contribution in [0, 0.1) is 5.92 Å². The van der Waals surface area contributed by atoms with Crippen molar-refractivity contribution >= 4 is 5.69 Å². The van der Waals surface area contributed by atoms with E-state index in [0.29, 0.717) is 5.92 Å². The first kappa shape index (κ1) is 14.4. The van der Waals surface area contributed by atoms with E-state index in [1.54, 1.807) is 0 Å². The molecular weight excluding hydrogens is 230 g/mol. The van der Waals surface area contributed by atoms with Crippen LogP contribution >= 0.6 is 0 Å². The molecule has 0 heterocycles. The van der Waals surface area contributed by atoms with Gasteiger partial charge in [-0.25, -0.2) is 0 Å². The van der Waals surface area contributed by atoms with Crippen molar-refractivity contribution in [3.05, 3.63) is 29.8 Å². The monoisotopic (exact) mass is 259 g/mol. The second kappa shape index (κ2) is 7.57. The van der Waals surface area contributed by atoms with E-state index in [2.05, 4.69) is 43.4 Å². The fourth-order valence-electron chi connectivity index (χ4n) is 3.01. The Morgan fingerprint density at radius 1 is 1.05 bits per heavy atom. The lowest BCUT2D eigenvalue weighted by molar-refractivity contribution is 0.392.